The molecule has 0 spiro atoms. The highest BCUT2D eigenvalue weighted by Crippen LogP contribution is 2.28. The molecule has 0 radical (unpaired) electrons. The Morgan fingerprint density at radius 3 is 2.71 bits per heavy atom. The molecule has 1 aliphatic heterocycles. The van der Waals surface area contributed by atoms with Crippen LogP contribution >= 0.6 is 12.4 Å². The van der Waals surface area contributed by atoms with Crippen LogP contribution in [0, 0.1) is 5.92 Å². The van der Waals surface area contributed by atoms with Crippen molar-refractivity contribution in [2.45, 2.75) is 26.0 Å². The van der Waals surface area contributed by atoms with Gasteiger partial charge in [-0.25, -0.2) is 0 Å². The lowest BCUT2D eigenvalue weighted by atomic mass is 10.1. The van der Waals surface area contributed by atoms with Crippen LogP contribution in [0.15, 0.2) is 24.3 Å². The molecule has 2 unspecified atom stereocenters. The predicted octanol–water partition coefficient (Wildman–Crippen LogP) is 2.52. The molecule has 0 aromatic heterocycles. The molecule has 1 amide bonds. The fourth-order valence-corrected chi connectivity index (χ4v) is 2.59. The number of carbonyl (C=O) groups is 1. The first-order valence-corrected chi connectivity index (χ1v) is 6.57. The molecule has 1 aromatic carbocycles. The summed E-state index contributed by atoms with van der Waals surface area (Å²) in [5.41, 5.74) is 5.80. The van der Waals surface area contributed by atoms with Gasteiger partial charge in [-0.2, -0.15) is 8.78 Å². The maximum absolute atomic E-state index is 12.5. The van der Waals surface area contributed by atoms with Crippen LogP contribution in [0.2, 0.25) is 0 Å². The number of para-hydroxylation sites is 1. The molecule has 1 aromatic rings. The molecule has 1 aliphatic rings. The van der Waals surface area contributed by atoms with Gasteiger partial charge in [0.25, 0.3) is 5.91 Å². The quantitative estimate of drug-likeness (QED) is 0.927. The van der Waals surface area contributed by atoms with Crippen molar-refractivity contribution < 1.29 is 18.3 Å². The monoisotopic (exact) mass is 320 g/mol. The van der Waals surface area contributed by atoms with Gasteiger partial charge in [0, 0.05) is 12.6 Å². The molecule has 0 saturated carbocycles. The molecule has 118 valence electrons. The molecule has 0 bridgehead atoms. The Balaban J connectivity index is 0.00000220. The van der Waals surface area contributed by atoms with Crippen molar-refractivity contribution in [3.05, 3.63) is 29.8 Å². The van der Waals surface area contributed by atoms with Gasteiger partial charge < -0.3 is 15.4 Å². The number of likely N-dealkylation sites (tertiary alicyclic amines) is 1. The average molecular weight is 321 g/mol. The fourth-order valence-electron chi connectivity index (χ4n) is 2.59. The van der Waals surface area contributed by atoms with E-state index in [0.717, 1.165) is 6.42 Å². The number of carbonyl (C=O) groups excluding carboxylic acids is 1. The third-order valence-corrected chi connectivity index (χ3v) is 3.59. The van der Waals surface area contributed by atoms with E-state index >= 15 is 0 Å². The number of hydrogen-bond donors (Lipinski definition) is 1. The Kier molecular flexibility index (Phi) is 6.36. The minimum absolute atomic E-state index is 0. The summed E-state index contributed by atoms with van der Waals surface area (Å²) < 4.78 is 29.2. The second-order valence-corrected chi connectivity index (χ2v) is 5.02. The van der Waals surface area contributed by atoms with Crippen LogP contribution < -0.4 is 10.5 Å². The number of amides is 1. The zero-order valence-electron chi connectivity index (χ0n) is 11.7. The van der Waals surface area contributed by atoms with E-state index in [1.165, 1.54) is 12.1 Å². The molecule has 2 atom stereocenters. The number of alkyl halides is 2. The Labute approximate surface area is 128 Å². The van der Waals surface area contributed by atoms with Gasteiger partial charge in [-0.1, -0.05) is 12.1 Å². The zero-order valence-corrected chi connectivity index (χ0v) is 12.5. The highest BCUT2D eigenvalue weighted by Gasteiger charge is 2.33. The van der Waals surface area contributed by atoms with E-state index in [4.69, 9.17) is 5.73 Å². The van der Waals surface area contributed by atoms with Gasteiger partial charge in [-0.3, -0.25) is 4.79 Å². The average Bonchev–Trinajstić information content (AvgIpc) is 2.79. The van der Waals surface area contributed by atoms with Crippen molar-refractivity contribution in [2.24, 2.45) is 11.7 Å². The van der Waals surface area contributed by atoms with Gasteiger partial charge in [0.2, 0.25) is 0 Å². The lowest BCUT2D eigenvalue weighted by molar-refractivity contribution is -0.0502. The number of nitrogens with two attached hydrogens (primary N) is 1. The Morgan fingerprint density at radius 2 is 2.14 bits per heavy atom. The second-order valence-electron chi connectivity index (χ2n) is 5.02. The van der Waals surface area contributed by atoms with Gasteiger partial charge in [-0.15, -0.1) is 12.4 Å². The largest absolute Gasteiger partial charge is 0.434 e. The topological polar surface area (TPSA) is 55.6 Å². The number of rotatable bonds is 4. The normalized spacial score (nSPS) is 21.3. The van der Waals surface area contributed by atoms with E-state index in [1.807, 2.05) is 6.92 Å². The minimum Gasteiger partial charge on any atom is -0.434 e. The standard InChI is InChI=1S/C14H18F2N2O2.ClH/c1-9-6-10(7-17)8-18(9)13(19)11-4-2-3-5-12(11)20-14(15)16;/h2-5,9-10,14H,6-8,17H2,1H3;1H. The Hall–Kier alpha value is -1.40. The Morgan fingerprint density at radius 1 is 1.48 bits per heavy atom. The highest BCUT2D eigenvalue weighted by atomic mass is 35.5. The van der Waals surface area contributed by atoms with Crippen LogP contribution in [-0.4, -0.2) is 36.5 Å². The maximum Gasteiger partial charge on any atom is 0.387 e. The van der Waals surface area contributed by atoms with E-state index in [-0.39, 0.29) is 41.6 Å². The van der Waals surface area contributed by atoms with Crippen LogP contribution in [0.4, 0.5) is 8.78 Å². The molecule has 1 saturated heterocycles. The lowest BCUT2D eigenvalue weighted by Gasteiger charge is -2.22. The summed E-state index contributed by atoms with van der Waals surface area (Å²) in [7, 11) is 0. The fraction of sp³-hybridized carbons (Fsp3) is 0.500. The van der Waals surface area contributed by atoms with Crippen molar-refractivity contribution >= 4 is 18.3 Å². The van der Waals surface area contributed by atoms with Crippen LogP contribution in [0.3, 0.4) is 0 Å². The summed E-state index contributed by atoms with van der Waals surface area (Å²) in [6.07, 6.45) is 0.833. The van der Waals surface area contributed by atoms with E-state index in [1.54, 1.807) is 17.0 Å². The Bertz CT molecular complexity index is 488. The van der Waals surface area contributed by atoms with E-state index in [9.17, 15) is 13.6 Å². The van der Waals surface area contributed by atoms with Crippen LogP contribution in [0.1, 0.15) is 23.7 Å². The summed E-state index contributed by atoms with van der Waals surface area (Å²) in [6, 6.07) is 6.12. The van der Waals surface area contributed by atoms with Crippen molar-refractivity contribution in [3.8, 4) is 5.75 Å². The molecule has 1 heterocycles. The molecule has 4 nitrogen and oxygen atoms in total. The number of halogens is 3. The number of ether oxygens (including phenoxy) is 1. The van der Waals surface area contributed by atoms with Crippen molar-refractivity contribution in [3.63, 3.8) is 0 Å². The van der Waals surface area contributed by atoms with Gasteiger partial charge in [-0.05, 0) is 37.9 Å². The van der Waals surface area contributed by atoms with Gasteiger partial charge in [0.15, 0.2) is 0 Å². The summed E-state index contributed by atoms with van der Waals surface area (Å²) in [6.45, 7) is 0.0594. The third kappa shape index (κ3) is 4.04. The second kappa shape index (κ2) is 7.56. The van der Waals surface area contributed by atoms with Crippen molar-refractivity contribution in [2.75, 3.05) is 13.1 Å². The predicted molar refractivity (Wildman–Crippen MR) is 78.0 cm³/mol. The molecular weight excluding hydrogens is 302 g/mol. The molecule has 0 aliphatic carbocycles. The molecule has 1 fully saturated rings. The van der Waals surface area contributed by atoms with Gasteiger partial charge >= 0.3 is 6.61 Å². The summed E-state index contributed by atoms with van der Waals surface area (Å²) in [5, 5.41) is 0. The van der Waals surface area contributed by atoms with Crippen molar-refractivity contribution in [1.82, 2.24) is 4.90 Å². The SMILES string of the molecule is CC1CC(CN)CN1C(=O)c1ccccc1OC(F)F.Cl. The first-order valence-electron chi connectivity index (χ1n) is 6.57. The summed E-state index contributed by atoms with van der Waals surface area (Å²) in [5.74, 6) is -0.113. The number of nitrogens with zero attached hydrogens (tertiary/aromatic N) is 1. The van der Waals surface area contributed by atoms with E-state index < -0.39 is 6.61 Å². The van der Waals surface area contributed by atoms with Crippen LogP contribution in [-0.2, 0) is 0 Å². The van der Waals surface area contributed by atoms with Crippen molar-refractivity contribution in [1.29, 1.82) is 0 Å². The molecule has 2 N–H and O–H groups in total. The van der Waals surface area contributed by atoms with Gasteiger partial charge in [0.05, 0.1) is 5.56 Å². The maximum atomic E-state index is 12.5. The minimum atomic E-state index is -2.95. The molecule has 2 rings (SSSR count). The van der Waals surface area contributed by atoms with E-state index in [0.29, 0.717) is 13.1 Å². The molecule has 21 heavy (non-hydrogen) atoms. The number of benzene rings is 1. The van der Waals surface area contributed by atoms with Gasteiger partial charge in [0.1, 0.15) is 5.75 Å². The van der Waals surface area contributed by atoms with Crippen LogP contribution in [0.25, 0.3) is 0 Å². The summed E-state index contributed by atoms with van der Waals surface area (Å²) >= 11 is 0. The first-order chi connectivity index (χ1) is 9.52. The van der Waals surface area contributed by atoms with Crippen LogP contribution in [0.5, 0.6) is 5.75 Å². The highest BCUT2D eigenvalue weighted by molar-refractivity contribution is 5.97. The number of hydrogen-bond acceptors (Lipinski definition) is 3. The first kappa shape index (κ1) is 17.7. The molecular formula is C14H19ClF2N2O2. The summed E-state index contributed by atoms with van der Waals surface area (Å²) in [4.78, 5) is 14.2. The smallest absolute Gasteiger partial charge is 0.387 e. The lowest BCUT2D eigenvalue weighted by Crippen LogP contribution is -2.34. The molecule has 7 heteroatoms. The van der Waals surface area contributed by atoms with E-state index in [2.05, 4.69) is 4.74 Å². The zero-order chi connectivity index (χ0) is 14.7. The third-order valence-electron chi connectivity index (χ3n) is 3.59.